The zero-order valence-corrected chi connectivity index (χ0v) is 17.8. The normalized spacial score (nSPS) is 16.9. The van der Waals surface area contributed by atoms with Gasteiger partial charge in [-0.1, -0.05) is 19.1 Å². The topological polar surface area (TPSA) is 84.5 Å². The molecule has 0 radical (unpaired) electrons. The smallest absolute Gasteiger partial charge is 0.250 e. The van der Waals surface area contributed by atoms with Gasteiger partial charge in [0.05, 0.1) is 30.0 Å². The minimum Gasteiger partial charge on any atom is -0.322 e. The van der Waals surface area contributed by atoms with Crippen molar-refractivity contribution in [3.63, 3.8) is 0 Å². The van der Waals surface area contributed by atoms with Crippen molar-refractivity contribution in [2.45, 2.75) is 32.9 Å². The Labute approximate surface area is 179 Å². The Morgan fingerprint density at radius 1 is 1.33 bits per heavy atom. The molecule has 1 unspecified atom stereocenters. The van der Waals surface area contributed by atoms with Crippen LogP contribution in [-0.2, 0) is 16.1 Å². The second-order valence-corrected chi connectivity index (χ2v) is 8.20. The van der Waals surface area contributed by atoms with E-state index >= 15 is 0 Å². The lowest BCUT2D eigenvalue weighted by Gasteiger charge is -2.23. The van der Waals surface area contributed by atoms with Gasteiger partial charge >= 0.3 is 0 Å². The van der Waals surface area contributed by atoms with E-state index in [0.29, 0.717) is 29.4 Å². The van der Waals surface area contributed by atoms with Crippen LogP contribution in [0.5, 0.6) is 0 Å². The standard InChI is InChI=1S/C21H24N6O2S/c1-3-6-15(2)21(29)27-14-30-13-18(27)20(28)24-16-9-22-26(11-16)12-17-10-25-8-5-4-7-19(25)23-17/h4-11,18H,3,12-14H2,1-2H3,(H,24,28)/b15-6-. The number of fused-ring (bicyclic) bond motifs is 1. The highest BCUT2D eigenvalue weighted by Gasteiger charge is 2.35. The van der Waals surface area contributed by atoms with E-state index in [4.69, 9.17) is 0 Å². The van der Waals surface area contributed by atoms with Gasteiger partial charge in [0.1, 0.15) is 11.7 Å². The third-order valence-electron chi connectivity index (χ3n) is 4.93. The van der Waals surface area contributed by atoms with E-state index < -0.39 is 6.04 Å². The number of amides is 2. The van der Waals surface area contributed by atoms with Gasteiger partial charge in [-0.3, -0.25) is 14.3 Å². The fraction of sp³-hybridized carbons (Fsp3) is 0.333. The van der Waals surface area contributed by atoms with Crippen LogP contribution in [0.2, 0.25) is 0 Å². The highest BCUT2D eigenvalue weighted by Crippen LogP contribution is 2.24. The molecule has 156 valence electrons. The second-order valence-electron chi connectivity index (χ2n) is 7.20. The third-order valence-corrected chi connectivity index (χ3v) is 5.94. The van der Waals surface area contributed by atoms with Crippen molar-refractivity contribution < 1.29 is 9.59 Å². The first-order chi connectivity index (χ1) is 14.5. The SMILES string of the molecule is CC/C=C(/C)C(=O)N1CSCC1C(=O)Nc1cnn(Cc2cn3ccccc3n2)c1. The Morgan fingerprint density at radius 2 is 2.20 bits per heavy atom. The summed E-state index contributed by atoms with van der Waals surface area (Å²) in [6, 6.07) is 5.37. The summed E-state index contributed by atoms with van der Waals surface area (Å²) in [5, 5.41) is 7.22. The summed E-state index contributed by atoms with van der Waals surface area (Å²) in [5.41, 5.74) is 3.04. The number of allylic oxidation sites excluding steroid dienone is 1. The van der Waals surface area contributed by atoms with Crippen LogP contribution in [0.25, 0.3) is 5.65 Å². The van der Waals surface area contributed by atoms with Crippen LogP contribution in [0.4, 0.5) is 5.69 Å². The van der Waals surface area contributed by atoms with E-state index in [1.54, 1.807) is 40.7 Å². The number of carbonyl (C=O) groups excluding carboxylic acids is 2. The number of aromatic nitrogens is 4. The van der Waals surface area contributed by atoms with Crippen LogP contribution in [0.15, 0.2) is 54.6 Å². The second kappa shape index (κ2) is 8.74. The minimum atomic E-state index is -0.482. The van der Waals surface area contributed by atoms with E-state index in [0.717, 1.165) is 17.8 Å². The Morgan fingerprint density at radius 3 is 3.00 bits per heavy atom. The molecule has 4 heterocycles. The molecule has 4 rings (SSSR count). The predicted molar refractivity (Wildman–Crippen MR) is 117 cm³/mol. The van der Waals surface area contributed by atoms with Crippen molar-refractivity contribution in [1.82, 2.24) is 24.1 Å². The monoisotopic (exact) mass is 424 g/mol. The van der Waals surface area contributed by atoms with Crippen LogP contribution in [0.3, 0.4) is 0 Å². The van der Waals surface area contributed by atoms with Crippen molar-refractivity contribution in [2.24, 2.45) is 0 Å². The average Bonchev–Trinajstić information content (AvgIpc) is 3.46. The molecule has 1 fully saturated rings. The van der Waals surface area contributed by atoms with Crippen LogP contribution in [0, 0.1) is 0 Å². The number of hydrogen-bond donors (Lipinski definition) is 1. The fourth-order valence-corrected chi connectivity index (χ4v) is 4.60. The molecule has 1 aliphatic heterocycles. The lowest BCUT2D eigenvalue weighted by atomic mass is 10.2. The molecule has 3 aromatic heterocycles. The van der Waals surface area contributed by atoms with E-state index in [1.807, 2.05) is 48.0 Å². The van der Waals surface area contributed by atoms with Crippen LogP contribution in [-0.4, -0.2) is 53.6 Å². The molecule has 0 aliphatic carbocycles. The number of rotatable bonds is 6. The van der Waals surface area contributed by atoms with Crippen molar-refractivity contribution in [1.29, 1.82) is 0 Å². The number of anilines is 1. The van der Waals surface area contributed by atoms with Crippen molar-refractivity contribution in [3.05, 3.63) is 60.3 Å². The number of thioether (sulfide) groups is 1. The summed E-state index contributed by atoms with van der Waals surface area (Å²) in [6.45, 7) is 4.29. The molecule has 1 aliphatic rings. The molecule has 1 N–H and O–H groups in total. The maximum atomic E-state index is 12.8. The summed E-state index contributed by atoms with van der Waals surface area (Å²) < 4.78 is 3.69. The van der Waals surface area contributed by atoms with Crippen molar-refractivity contribution >= 4 is 34.9 Å². The Kier molecular flexibility index (Phi) is 5.89. The molecule has 0 bridgehead atoms. The molecule has 0 aromatic carbocycles. The van der Waals surface area contributed by atoms with Crippen molar-refractivity contribution in [2.75, 3.05) is 16.9 Å². The van der Waals surface area contributed by atoms with Gasteiger partial charge in [-0.2, -0.15) is 5.10 Å². The third kappa shape index (κ3) is 4.25. The van der Waals surface area contributed by atoms with Crippen LogP contribution >= 0.6 is 11.8 Å². The largest absolute Gasteiger partial charge is 0.322 e. The minimum absolute atomic E-state index is 0.0791. The Bertz CT molecular complexity index is 1070. The van der Waals surface area contributed by atoms with Gasteiger partial charge < -0.3 is 14.6 Å². The van der Waals surface area contributed by atoms with Gasteiger partial charge in [-0.15, -0.1) is 11.8 Å². The molecule has 2 amide bonds. The molecule has 1 atom stereocenters. The van der Waals surface area contributed by atoms with Gasteiger partial charge in [-0.05, 0) is 25.5 Å². The zero-order chi connectivity index (χ0) is 21.1. The molecule has 30 heavy (non-hydrogen) atoms. The van der Waals surface area contributed by atoms with E-state index in [2.05, 4.69) is 15.4 Å². The number of imidazole rings is 1. The summed E-state index contributed by atoms with van der Waals surface area (Å²) in [4.78, 5) is 31.6. The highest BCUT2D eigenvalue weighted by atomic mass is 32.2. The molecule has 0 saturated carbocycles. The van der Waals surface area contributed by atoms with Gasteiger partial charge in [0.15, 0.2) is 0 Å². The number of nitrogens with one attached hydrogen (secondary N) is 1. The lowest BCUT2D eigenvalue weighted by Crippen LogP contribution is -2.44. The maximum Gasteiger partial charge on any atom is 0.250 e. The van der Waals surface area contributed by atoms with E-state index in [9.17, 15) is 9.59 Å². The van der Waals surface area contributed by atoms with Crippen LogP contribution < -0.4 is 5.32 Å². The first kappa shape index (κ1) is 20.2. The maximum absolute atomic E-state index is 12.8. The number of pyridine rings is 1. The molecular weight excluding hydrogens is 400 g/mol. The molecule has 8 nitrogen and oxygen atoms in total. The lowest BCUT2D eigenvalue weighted by molar-refractivity contribution is -0.133. The first-order valence-electron chi connectivity index (χ1n) is 9.86. The van der Waals surface area contributed by atoms with Gasteiger partial charge in [0, 0.05) is 29.9 Å². The van der Waals surface area contributed by atoms with E-state index in [1.165, 1.54) is 0 Å². The molecule has 1 saturated heterocycles. The molecular formula is C21H24N6O2S. The van der Waals surface area contributed by atoms with Gasteiger partial charge in [-0.25, -0.2) is 4.98 Å². The van der Waals surface area contributed by atoms with Gasteiger partial charge in [0.2, 0.25) is 5.91 Å². The van der Waals surface area contributed by atoms with Crippen LogP contribution in [0.1, 0.15) is 26.0 Å². The summed E-state index contributed by atoms with van der Waals surface area (Å²) in [6.07, 6.45) is 9.98. The number of nitrogens with zero attached hydrogens (tertiary/aromatic N) is 5. The zero-order valence-electron chi connectivity index (χ0n) is 17.0. The van der Waals surface area contributed by atoms with E-state index in [-0.39, 0.29) is 11.8 Å². The summed E-state index contributed by atoms with van der Waals surface area (Å²) in [5.74, 6) is 0.847. The summed E-state index contributed by atoms with van der Waals surface area (Å²) in [7, 11) is 0. The predicted octanol–water partition coefficient (Wildman–Crippen LogP) is 2.78. The quantitative estimate of drug-likeness (QED) is 0.615. The Hall–Kier alpha value is -3.07. The van der Waals surface area contributed by atoms with Gasteiger partial charge in [0.25, 0.3) is 5.91 Å². The summed E-state index contributed by atoms with van der Waals surface area (Å²) >= 11 is 1.59. The highest BCUT2D eigenvalue weighted by molar-refractivity contribution is 7.99. The molecule has 0 spiro atoms. The molecule has 9 heteroatoms. The molecule has 3 aromatic rings. The fourth-order valence-electron chi connectivity index (χ4n) is 3.45. The first-order valence-corrected chi connectivity index (χ1v) is 11.0. The number of carbonyl (C=O) groups is 2. The average molecular weight is 425 g/mol. The van der Waals surface area contributed by atoms with Crippen molar-refractivity contribution in [3.8, 4) is 0 Å². The Balaban J connectivity index is 1.41. The number of hydrogen-bond acceptors (Lipinski definition) is 5.